The molecule has 1 heterocycles. The molecule has 2 aliphatic carbocycles. The third-order valence-corrected chi connectivity index (χ3v) is 14.5. The van der Waals surface area contributed by atoms with Gasteiger partial charge in [-0.2, -0.15) is 0 Å². The van der Waals surface area contributed by atoms with Gasteiger partial charge in [-0.3, -0.25) is 0 Å². The van der Waals surface area contributed by atoms with Crippen molar-refractivity contribution in [1.29, 1.82) is 0 Å². The molecule has 1 aromatic heterocycles. The fourth-order valence-corrected chi connectivity index (χ4v) is 11.7. The maximum Gasteiger partial charge on any atom is 0.0491 e. The normalized spacial score (nSPS) is 15.5. The van der Waals surface area contributed by atoms with E-state index in [1.807, 2.05) is 0 Å². The summed E-state index contributed by atoms with van der Waals surface area (Å²) in [6.45, 7) is 0. The molecular formula is C62H41N. The zero-order valence-corrected chi connectivity index (χ0v) is 34.8. The van der Waals surface area contributed by atoms with Crippen molar-refractivity contribution in [2.24, 2.45) is 0 Å². The zero-order valence-electron chi connectivity index (χ0n) is 34.8. The molecule has 12 aromatic rings. The van der Waals surface area contributed by atoms with Crippen LogP contribution in [-0.4, -0.2) is 4.57 Å². The first-order valence-electron chi connectivity index (χ1n) is 22.5. The van der Waals surface area contributed by atoms with Crippen LogP contribution in [0, 0.1) is 0 Å². The standard InChI is InChI=1S/C62H41N/c1-3-11-38(12-4-1)55-35-36-56(39-13-5-2-6-14-39)63(55)46-29-34-53-54(37-46)62(52-33-28-45-24-22-41-16-10-18-43-26-31-50(52)60(45)58(41)43)48-20-8-7-19-47(48)61(53)51-32-27-44-23-21-40-15-9-17-42-25-30-49(51)59(44)57(40)42/h1-5,7-11,13,15-38H,6,12,14H2. The van der Waals surface area contributed by atoms with Crippen LogP contribution in [0.25, 0.3) is 120 Å². The highest BCUT2D eigenvalue weighted by molar-refractivity contribution is 6.32. The monoisotopic (exact) mass is 799 g/mol. The molecule has 11 aromatic carbocycles. The smallest absolute Gasteiger partial charge is 0.0491 e. The van der Waals surface area contributed by atoms with Gasteiger partial charge in [0.15, 0.2) is 0 Å². The molecular weight excluding hydrogens is 759 g/mol. The Labute approximate surface area is 365 Å². The number of hydrogen-bond donors (Lipinski definition) is 0. The molecule has 1 atom stereocenters. The van der Waals surface area contributed by atoms with E-state index in [0.29, 0.717) is 5.92 Å². The van der Waals surface area contributed by atoms with Crippen molar-refractivity contribution in [3.8, 4) is 27.9 Å². The molecule has 1 nitrogen and oxygen atoms in total. The van der Waals surface area contributed by atoms with Gasteiger partial charge in [-0.15, -0.1) is 0 Å². The van der Waals surface area contributed by atoms with Crippen LogP contribution in [0.15, 0.2) is 206 Å². The number of fused-ring (bicyclic) bond motifs is 2. The molecule has 2 aliphatic rings. The van der Waals surface area contributed by atoms with Crippen molar-refractivity contribution >= 4 is 91.8 Å². The van der Waals surface area contributed by atoms with Crippen LogP contribution >= 0.6 is 0 Å². The summed E-state index contributed by atoms with van der Waals surface area (Å²) in [6.07, 6.45) is 19.0. The maximum absolute atomic E-state index is 2.58. The summed E-state index contributed by atoms with van der Waals surface area (Å²) in [5.74, 6) is 0.292. The predicted molar refractivity (Wildman–Crippen MR) is 271 cm³/mol. The number of aromatic nitrogens is 1. The summed E-state index contributed by atoms with van der Waals surface area (Å²) in [4.78, 5) is 0. The van der Waals surface area contributed by atoms with Gasteiger partial charge in [0.25, 0.3) is 0 Å². The third-order valence-electron chi connectivity index (χ3n) is 14.5. The maximum atomic E-state index is 2.58. The molecule has 0 bridgehead atoms. The lowest BCUT2D eigenvalue weighted by molar-refractivity contribution is 0.779. The SMILES string of the molecule is C1=CCCC(c2ccc(C3C=CC=CC3)n2-c2ccc3c(-c4ccc5ccc6cccc7ccc4c5c67)c4ccccc4c(-c4ccc5ccc6cccc7ccc4c5c67)c3c2)=C1. The minimum atomic E-state index is 0.292. The van der Waals surface area contributed by atoms with Crippen LogP contribution in [-0.2, 0) is 0 Å². The Morgan fingerprint density at radius 1 is 0.413 bits per heavy atom. The molecule has 1 heteroatoms. The molecule has 0 amide bonds. The summed E-state index contributed by atoms with van der Waals surface area (Å²) in [6, 6.07) is 62.8. The van der Waals surface area contributed by atoms with E-state index in [1.165, 1.54) is 131 Å². The number of hydrogen-bond acceptors (Lipinski definition) is 0. The molecule has 0 saturated heterocycles. The summed E-state index contributed by atoms with van der Waals surface area (Å²) in [7, 11) is 0. The van der Waals surface area contributed by atoms with Crippen LogP contribution in [0.3, 0.4) is 0 Å². The quantitative estimate of drug-likeness (QED) is 0.121. The van der Waals surface area contributed by atoms with Gasteiger partial charge in [-0.05, 0) is 158 Å². The average Bonchev–Trinajstić information content (AvgIpc) is 3.80. The number of rotatable bonds is 5. The second-order valence-electron chi connectivity index (χ2n) is 17.8. The van der Waals surface area contributed by atoms with Crippen molar-refractivity contribution < 1.29 is 0 Å². The second-order valence-corrected chi connectivity index (χ2v) is 17.8. The molecule has 294 valence electrons. The minimum absolute atomic E-state index is 0.292. The Kier molecular flexibility index (Phi) is 7.41. The number of allylic oxidation sites excluding steroid dienone is 8. The van der Waals surface area contributed by atoms with Gasteiger partial charge < -0.3 is 4.57 Å². The molecule has 0 aliphatic heterocycles. The summed E-state index contributed by atoms with van der Waals surface area (Å²) < 4.78 is 2.58. The average molecular weight is 800 g/mol. The second kappa shape index (κ2) is 13.4. The largest absolute Gasteiger partial charge is 0.313 e. The summed E-state index contributed by atoms with van der Waals surface area (Å²) in [5.41, 5.74) is 10.3. The fraction of sp³-hybridized carbons (Fsp3) is 0.0645. The highest BCUT2D eigenvalue weighted by Crippen LogP contribution is 2.50. The van der Waals surface area contributed by atoms with E-state index >= 15 is 0 Å². The van der Waals surface area contributed by atoms with Crippen molar-refractivity contribution in [1.82, 2.24) is 4.57 Å². The first-order chi connectivity index (χ1) is 31.3. The van der Waals surface area contributed by atoms with E-state index in [2.05, 4.69) is 211 Å². The summed E-state index contributed by atoms with van der Waals surface area (Å²) >= 11 is 0. The highest BCUT2D eigenvalue weighted by Gasteiger charge is 2.25. The van der Waals surface area contributed by atoms with Gasteiger partial charge in [0.05, 0.1) is 0 Å². The lowest BCUT2D eigenvalue weighted by Crippen LogP contribution is -2.09. The number of nitrogens with zero attached hydrogens (tertiary/aromatic N) is 1. The third kappa shape index (κ3) is 5.05. The zero-order chi connectivity index (χ0) is 41.2. The van der Waals surface area contributed by atoms with Gasteiger partial charge in [0, 0.05) is 23.0 Å². The first-order valence-corrected chi connectivity index (χ1v) is 22.5. The van der Waals surface area contributed by atoms with Gasteiger partial charge in [0.2, 0.25) is 0 Å². The van der Waals surface area contributed by atoms with Crippen LogP contribution in [0.2, 0.25) is 0 Å². The predicted octanol–water partition coefficient (Wildman–Crippen LogP) is 17.2. The van der Waals surface area contributed by atoms with Crippen LogP contribution in [0.4, 0.5) is 0 Å². The lowest BCUT2D eigenvalue weighted by atomic mass is 9.81. The Balaban J connectivity index is 1.13. The topological polar surface area (TPSA) is 4.93 Å². The van der Waals surface area contributed by atoms with E-state index in [1.54, 1.807) is 0 Å². The van der Waals surface area contributed by atoms with Crippen molar-refractivity contribution in [3.63, 3.8) is 0 Å². The van der Waals surface area contributed by atoms with Crippen LogP contribution < -0.4 is 0 Å². The molecule has 63 heavy (non-hydrogen) atoms. The Morgan fingerprint density at radius 3 is 1.56 bits per heavy atom. The first kappa shape index (κ1) is 34.9. The van der Waals surface area contributed by atoms with E-state index in [0.717, 1.165) is 19.3 Å². The number of benzene rings is 11. The Morgan fingerprint density at radius 2 is 0.968 bits per heavy atom. The van der Waals surface area contributed by atoms with Crippen LogP contribution in [0.5, 0.6) is 0 Å². The van der Waals surface area contributed by atoms with Crippen molar-refractivity contribution in [3.05, 3.63) is 218 Å². The molecule has 0 radical (unpaired) electrons. The van der Waals surface area contributed by atoms with Gasteiger partial charge in [0.1, 0.15) is 0 Å². The molecule has 14 rings (SSSR count). The van der Waals surface area contributed by atoms with E-state index in [-0.39, 0.29) is 0 Å². The van der Waals surface area contributed by atoms with E-state index in [4.69, 9.17) is 0 Å². The van der Waals surface area contributed by atoms with E-state index < -0.39 is 0 Å². The molecule has 1 unspecified atom stereocenters. The van der Waals surface area contributed by atoms with Gasteiger partial charge in [-0.1, -0.05) is 182 Å². The highest BCUT2D eigenvalue weighted by atomic mass is 15.0. The van der Waals surface area contributed by atoms with Crippen molar-refractivity contribution in [2.75, 3.05) is 0 Å². The van der Waals surface area contributed by atoms with Gasteiger partial charge >= 0.3 is 0 Å². The molecule has 0 spiro atoms. The lowest BCUT2D eigenvalue weighted by Gasteiger charge is -2.24. The fourth-order valence-electron chi connectivity index (χ4n) is 11.7. The van der Waals surface area contributed by atoms with Gasteiger partial charge in [-0.25, -0.2) is 0 Å². The molecule has 0 fully saturated rings. The Bertz CT molecular complexity index is 3960. The molecule has 0 saturated carbocycles. The Hall–Kier alpha value is -7.74. The summed E-state index contributed by atoms with van der Waals surface area (Å²) in [5, 5.41) is 20.8. The van der Waals surface area contributed by atoms with E-state index in [9.17, 15) is 0 Å². The molecule has 0 N–H and O–H groups in total. The van der Waals surface area contributed by atoms with Crippen LogP contribution in [0.1, 0.15) is 36.6 Å². The van der Waals surface area contributed by atoms with Crippen molar-refractivity contribution in [2.45, 2.75) is 25.2 Å². The minimum Gasteiger partial charge on any atom is -0.313 e.